The molecule has 1 amide bonds. The maximum absolute atomic E-state index is 12.2. The topological polar surface area (TPSA) is 59.4 Å². The Morgan fingerprint density at radius 3 is 2.76 bits per heavy atom. The zero-order valence-corrected chi connectivity index (χ0v) is 13.3. The Hall–Kier alpha value is -1.40. The standard InChI is InChI=1S/C15H26N4O2/c1-4-21-10-9-19-7-5-13(6-8-19)16-15(20)14-11-12(2)17-18(14)3/h11,13H,4-10H2,1-3H3,(H,16,20). The second kappa shape index (κ2) is 7.56. The van der Waals surface area contributed by atoms with Crippen LogP contribution in [0.5, 0.6) is 0 Å². The zero-order chi connectivity index (χ0) is 15.2. The normalized spacial score (nSPS) is 17.1. The molecule has 0 aromatic carbocycles. The van der Waals surface area contributed by atoms with E-state index >= 15 is 0 Å². The Balaban J connectivity index is 1.75. The molecule has 118 valence electrons. The van der Waals surface area contributed by atoms with Crippen LogP contribution >= 0.6 is 0 Å². The summed E-state index contributed by atoms with van der Waals surface area (Å²) in [5, 5.41) is 7.33. The van der Waals surface area contributed by atoms with Crippen molar-refractivity contribution in [2.45, 2.75) is 32.7 Å². The smallest absolute Gasteiger partial charge is 0.269 e. The number of aryl methyl sites for hydroxylation is 2. The molecule has 1 N–H and O–H groups in total. The number of hydrogen-bond acceptors (Lipinski definition) is 4. The Kier molecular flexibility index (Phi) is 5.76. The number of nitrogens with zero attached hydrogens (tertiary/aromatic N) is 3. The van der Waals surface area contributed by atoms with Gasteiger partial charge >= 0.3 is 0 Å². The molecule has 0 radical (unpaired) electrons. The molecule has 1 aromatic rings. The number of likely N-dealkylation sites (tertiary alicyclic amines) is 1. The van der Waals surface area contributed by atoms with E-state index in [1.54, 1.807) is 11.7 Å². The minimum Gasteiger partial charge on any atom is -0.380 e. The lowest BCUT2D eigenvalue weighted by molar-refractivity contribution is 0.0852. The van der Waals surface area contributed by atoms with Gasteiger partial charge in [0.25, 0.3) is 5.91 Å². The number of nitrogens with one attached hydrogen (secondary N) is 1. The van der Waals surface area contributed by atoms with Gasteiger partial charge in [-0.2, -0.15) is 5.10 Å². The lowest BCUT2D eigenvalue weighted by Gasteiger charge is -2.32. The van der Waals surface area contributed by atoms with Crippen LogP contribution in [-0.2, 0) is 11.8 Å². The minimum absolute atomic E-state index is 0.0223. The van der Waals surface area contributed by atoms with Gasteiger partial charge in [-0.05, 0) is 32.8 Å². The number of rotatable bonds is 6. The van der Waals surface area contributed by atoms with E-state index in [0.29, 0.717) is 5.69 Å². The summed E-state index contributed by atoms with van der Waals surface area (Å²) in [6.45, 7) is 8.49. The number of aromatic nitrogens is 2. The summed E-state index contributed by atoms with van der Waals surface area (Å²) in [5.41, 5.74) is 1.50. The third-order valence-electron chi connectivity index (χ3n) is 3.91. The SMILES string of the molecule is CCOCCN1CCC(NC(=O)c2cc(C)nn2C)CC1. The first-order valence-corrected chi connectivity index (χ1v) is 7.71. The van der Waals surface area contributed by atoms with Crippen LogP contribution in [0.15, 0.2) is 6.07 Å². The molecule has 1 saturated heterocycles. The van der Waals surface area contributed by atoms with Crippen molar-refractivity contribution >= 4 is 5.91 Å². The molecule has 21 heavy (non-hydrogen) atoms. The van der Waals surface area contributed by atoms with Crippen LogP contribution in [0.25, 0.3) is 0 Å². The van der Waals surface area contributed by atoms with Gasteiger partial charge in [0.05, 0.1) is 12.3 Å². The maximum Gasteiger partial charge on any atom is 0.269 e. The lowest BCUT2D eigenvalue weighted by Crippen LogP contribution is -2.45. The van der Waals surface area contributed by atoms with Crippen molar-refractivity contribution in [1.82, 2.24) is 20.0 Å². The molecule has 1 aliphatic rings. The zero-order valence-electron chi connectivity index (χ0n) is 13.3. The fraction of sp³-hybridized carbons (Fsp3) is 0.733. The van der Waals surface area contributed by atoms with Crippen LogP contribution in [0.2, 0.25) is 0 Å². The average molecular weight is 294 g/mol. The second-order valence-corrected chi connectivity index (χ2v) is 5.58. The van der Waals surface area contributed by atoms with Crippen molar-refractivity contribution in [3.63, 3.8) is 0 Å². The summed E-state index contributed by atoms with van der Waals surface area (Å²) in [4.78, 5) is 14.6. The molecule has 0 bridgehead atoms. The predicted octanol–water partition coefficient (Wildman–Crippen LogP) is 0.959. The van der Waals surface area contributed by atoms with E-state index in [1.165, 1.54) is 0 Å². The molecular weight excluding hydrogens is 268 g/mol. The summed E-state index contributed by atoms with van der Waals surface area (Å²) in [6.07, 6.45) is 1.99. The van der Waals surface area contributed by atoms with Crippen molar-refractivity contribution in [2.75, 3.05) is 32.8 Å². The molecular formula is C15H26N4O2. The van der Waals surface area contributed by atoms with E-state index in [0.717, 1.165) is 51.4 Å². The largest absolute Gasteiger partial charge is 0.380 e. The maximum atomic E-state index is 12.2. The number of carbonyl (C=O) groups is 1. The highest BCUT2D eigenvalue weighted by molar-refractivity contribution is 5.92. The summed E-state index contributed by atoms with van der Waals surface area (Å²) >= 11 is 0. The van der Waals surface area contributed by atoms with Crippen LogP contribution in [0.3, 0.4) is 0 Å². The van der Waals surface area contributed by atoms with E-state index in [4.69, 9.17) is 4.74 Å². The number of ether oxygens (including phenoxy) is 1. The van der Waals surface area contributed by atoms with Crippen molar-refractivity contribution in [3.8, 4) is 0 Å². The van der Waals surface area contributed by atoms with Crippen molar-refractivity contribution in [2.24, 2.45) is 7.05 Å². The van der Waals surface area contributed by atoms with E-state index < -0.39 is 0 Å². The first-order valence-electron chi connectivity index (χ1n) is 7.71. The van der Waals surface area contributed by atoms with Crippen molar-refractivity contribution in [3.05, 3.63) is 17.5 Å². The summed E-state index contributed by atoms with van der Waals surface area (Å²) in [7, 11) is 1.80. The van der Waals surface area contributed by atoms with E-state index in [-0.39, 0.29) is 11.9 Å². The van der Waals surface area contributed by atoms with E-state index in [2.05, 4.69) is 15.3 Å². The van der Waals surface area contributed by atoms with E-state index in [9.17, 15) is 4.79 Å². The highest BCUT2D eigenvalue weighted by Crippen LogP contribution is 2.11. The van der Waals surface area contributed by atoms with Gasteiger partial charge in [-0.1, -0.05) is 0 Å². The summed E-state index contributed by atoms with van der Waals surface area (Å²) in [5.74, 6) is -0.0223. The molecule has 1 fully saturated rings. The molecule has 6 heteroatoms. The molecule has 0 aliphatic carbocycles. The molecule has 1 aliphatic heterocycles. The number of piperidine rings is 1. The first-order chi connectivity index (χ1) is 10.1. The van der Waals surface area contributed by atoms with Gasteiger partial charge in [0.1, 0.15) is 5.69 Å². The highest BCUT2D eigenvalue weighted by Gasteiger charge is 2.22. The van der Waals surface area contributed by atoms with Gasteiger partial charge in [0, 0.05) is 39.3 Å². The molecule has 0 atom stereocenters. The monoisotopic (exact) mass is 294 g/mol. The molecule has 0 saturated carbocycles. The second-order valence-electron chi connectivity index (χ2n) is 5.58. The van der Waals surface area contributed by atoms with Crippen LogP contribution in [-0.4, -0.2) is 59.5 Å². The Labute approximate surface area is 126 Å². The van der Waals surface area contributed by atoms with Gasteiger partial charge in [-0.3, -0.25) is 9.48 Å². The Morgan fingerprint density at radius 2 is 2.19 bits per heavy atom. The van der Waals surface area contributed by atoms with Crippen molar-refractivity contribution < 1.29 is 9.53 Å². The molecule has 2 rings (SSSR count). The van der Waals surface area contributed by atoms with Gasteiger partial charge < -0.3 is 15.0 Å². The number of hydrogen-bond donors (Lipinski definition) is 1. The molecule has 6 nitrogen and oxygen atoms in total. The highest BCUT2D eigenvalue weighted by atomic mass is 16.5. The fourth-order valence-corrected chi connectivity index (χ4v) is 2.72. The van der Waals surface area contributed by atoms with Crippen LogP contribution in [0, 0.1) is 6.92 Å². The predicted molar refractivity (Wildman–Crippen MR) is 81.4 cm³/mol. The third-order valence-corrected chi connectivity index (χ3v) is 3.91. The van der Waals surface area contributed by atoms with Gasteiger partial charge in [0.2, 0.25) is 0 Å². The lowest BCUT2D eigenvalue weighted by atomic mass is 10.0. The summed E-state index contributed by atoms with van der Waals surface area (Å²) < 4.78 is 7.02. The van der Waals surface area contributed by atoms with Crippen LogP contribution in [0.1, 0.15) is 35.9 Å². The molecule has 0 spiro atoms. The Morgan fingerprint density at radius 1 is 1.48 bits per heavy atom. The Bertz CT molecular complexity index is 464. The van der Waals surface area contributed by atoms with Crippen LogP contribution in [0.4, 0.5) is 0 Å². The molecule has 0 unspecified atom stereocenters. The fourth-order valence-electron chi connectivity index (χ4n) is 2.72. The van der Waals surface area contributed by atoms with Gasteiger partial charge in [-0.25, -0.2) is 0 Å². The molecule has 1 aromatic heterocycles. The van der Waals surface area contributed by atoms with Gasteiger partial charge in [-0.15, -0.1) is 0 Å². The minimum atomic E-state index is -0.0223. The number of carbonyl (C=O) groups excluding carboxylic acids is 1. The molecule has 2 heterocycles. The first kappa shape index (κ1) is 16.0. The average Bonchev–Trinajstić information content (AvgIpc) is 2.80. The quantitative estimate of drug-likeness (QED) is 0.794. The van der Waals surface area contributed by atoms with E-state index in [1.807, 2.05) is 19.9 Å². The van der Waals surface area contributed by atoms with Crippen molar-refractivity contribution in [1.29, 1.82) is 0 Å². The van der Waals surface area contributed by atoms with Crippen LogP contribution < -0.4 is 5.32 Å². The van der Waals surface area contributed by atoms with Gasteiger partial charge in [0.15, 0.2) is 0 Å². The third kappa shape index (κ3) is 4.54. The summed E-state index contributed by atoms with van der Waals surface area (Å²) in [6, 6.07) is 2.09. The number of amides is 1.